The number of hydrogen-bond acceptors (Lipinski definition) is 4. The van der Waals surface area contributed by atoms with Crippen LogP contribution in [0, 0.1) is 19.8 Å². The third-order valence-electron chi connectivity index (χ3n) is 5.17. The van der Waals surface area contributed by atoms with E-state index < -0.39 is 0 Å². The molecule has 6 heteroatoms. The fourth-order valence-corrected chi connectivity index (χ4v) is 3.75. The summed E-state index contributed by atoms with van der Waals surface area (Å²) >= 11 is 0. The molecule has 1 fully saturated rings. The second kappa shape index (κ2) is 8.99. The highest BCUT2D eigenvalue weighted by atomic mass is 16.5. The summed E-state index contributed by atoms with van der Waals surface area (Å²) < 4.78 is 10.6. The summed E-state index contributed by atoms with van der Waals surface area (Å²) in [6.07, 6.45) is 0.919. The quantitative estimate of drug-likeness (QED) is 0.781. The predicted octanol–water partition coefficient (Wildman–Crippen LogP) is 3.03. The van der Waals surface area contributed by atoms with Gasteiger partial charge in [0.05, 0.1) is 20.1 Å². The lowest BCUT2D eigenvalue weighted by Crippen LogP contribution is -2.34. The average Bonchev–Trinajstić information content (AvgIpc) is 3.09. The van der Waals surface area contributed by atoms with E-state index in [9.17, 15) is 9.59 Å². The summed E-state index contributed by atoms with van der Waals surface area (Å²) in [4.78, 5) is 26.8. The number of hydrogen-bond donors (Lipinski definition) is 1. The van der Waals surface area contributed by atoms with Crippen LogP contribution in [0.4, 0.5) is 5.69 Å². The summed E-state index contributed by atoms with van der Waals surface area (Å²) in [6.45, 7) is 4.94. The highest BCUT2D eigenvalue weighted by Crippen LogP contribution is 2.28. The zero-order chi connectivity index (χ0) is 21.0. The maximum absolute atomic E-state index is 12.6. The Balaban J connectivity index is 1.56. The van der Waals surface area contributed by atoms with Crippen LogP contribution >= 0.6 is 0 Å². The lowest BCUT2D eigenvalue weighted by molar-refractivity contribution is -0.126. The number of benzene rings is 2. The molecule has 1 heterocycles. The molecular weight excluding hydrogens is 368 g/mol. The van der Waals surface area contributed by atoms with Gasteiger partial charge in [0.15, 0.2) is 11.5 Å². The number of carbonyl (C=O) groups is 2. The number of ether oxygens (including phenoxy) is 2. The second-order valence-corrected chi connectivity index (χ2v) is 7.48. The molecule has 3 rings (SSSR count). The van der Waals surface area contributed by atoms with Crippen LogP contribution in [0.2, 0.25) is 0 Å². The standard InChI is InChI=1S/C23H28N2O4/c1-15-9-16(2)11-19(10-15)25-14-18(13-22(25)26)23(27)24-8-7-17-5-6-20(28-3)21(12-17)29-4/h5-6,9-12,18H,7-8,13-14H2,1-4H3,(H,24,27)/t18-/m0/s1. The molecule has 0 unspecified atom stereocenters. The summed E-state index contributed by atoms with van der Waals surface area (Å²) in [5, 5.41) is 2.96. The van der Waals surface area contributed by atoms with Gasteiger partial charge in [0.1, 0.15) is 0 Å². The molecule has 1 N–H and O–H groups in total. The van der Waals surface area contributed by atoms with Gasteiger partial charge < -0.3 is 19.7 Å². The summed E-state index contributed by atoms with van der Waals surface area (Å²) in [6, 6.07) is 11.8. The van der Waals surface area contributed by atoms with Crippen LogP contribution in [-0.4, -0.2) is 39.1 Å². The Hall–Kier alpha value is -3.02. The zero-order valence-corrected chi connectivity index (χ0v) is 17.5. The molecule has 2 aromatic carbocycles. The normalized spacial score (nSPS) is 16.1. The van der Waals surface area contributed by atoms with Crippen molar-refractivity contribution in [3.8, 4) is 11.5 Å². The summed E-state index contributed by atoms with van der Waals surface area (Å²) in [5.74, 6) is 0.938. The first-order valence-electron chi connectivity index (χ1n) is 9.78. The van der Waals surface area contributed by atoms with Crippen molar-refractivity contribution in [3.63, 3.8) is 0 Å². The van der Waals surface area contributed by atoms with E-state index in [0.717, 1.165) is 22.4 Å². The molecule has 0 radical (unpaired) electrons. The van der Waals surface area contributed by atoms with Gasteiger partial charge in [-0.15, -0.1) is 0 Å². The first kappa shape index (κ1) is 20.7. The molecule has 1 atom stereocenters. The molecule has 29 heavy (non-hydrogen) atoms. The third kappa shape index (κ3) is 4.88. The van der Waals surface area contributed by atoms with Gasteiger partial charge in [-0.05, 0) is 61.2 Å². The van der Waals surface area contributed by atoms with E-state index >= 15 is 0 Å². The molecule has 1 aliphatic heterocycles. The van der Waals surface area contributed by atoms with Gasteiger partial charge in [-0.25, -0.2) is 0 Å². The Morgan fingerprint density at radius 2 is 1.76 bits per heavy atom. The Kier molecular flexibility index (Phi) is 6.42. The maximum atomic E-state index is 12.6. The minimum absolute atomic E-state index is 0.00459. The molecular formula is C23H28N2O4. The molecule has 0 aliphatic carbocycles. The lowest BCUT2D eigenvalue weighted by atomic mass is 10.1. The summed E-state index contributed by atoms with van der Waals surface area (Å²) in [7, 11) is 3.20. The van der Waals surface area contributed by atoms with Crippen molar-refractivity contribution in [1.82, 2.24) is 5.32 Å². The van der Waals surface area contributed by atoms with Gasteiger partial charge in [0, 0.05) is 25.2 Å². The van der Waals surface area contributed by atoms with Crippen LogP contribution < -0.4 is 19.7 Å². The van der Waals surface area contributed by atoms with Crippen LogP contribution in [0.5, 0.6) is 11.5 Å². The molecule has 0 saturated carbocycles. The van der Waals surface area contributed by atoms with Crippen molar-refractivity contribution >= 4 is 17.5 Å². The van der Waals surface area contributed by atoms with Crippen molar-refractivity contribution in [3.05, 3.63) is 53.1 Å². The maximum Gasteiger partial charge on any atom is 0.227 e. The monoisotopic (exact) mass is 396 g/mol. The van der Waals surface area contributed by atoms with E-state index in [-0.39, 0.29) is 24.2 Å². The van der Waals surface area contributed by atoms with Crippen molar-refractivity contribution in [2.24, 2.45) is 5.92 Å². The average molecular weight is 396 g/mol. The Bertz CT molecular complexity index is 889. The zero-order valence-electron chi connectivity index (χ0n) is 17.5. The highest BCUT2D eigenvalue weighted by Gasteiger charge is 2.35. The van der Waals surface area contributed by atoms with E-state index in [2.05, 4.69) is 11.4 Å². The van der Waals surface area contributed by atoms with Gasteiger partial charge in [-0.3, -0.25) is 9.59 Å². The van der Waals surface area contributed by atoms with Crippen molar-refractivity contribution < 1.29 is 19.1 Å². The second-order valence-electron chi connectivity index (χ2n) is 7.48. The summed E-state index contributed by atoms with van der Waals surface area (Å²) in [5.41, 5.74) is 4.13. The van der Waals surface area contributed by atoms with Gasteiger partial charge >= 0.3 is 0 Å². The van der Waals surface area contributed by atoms with Crippen molar-refractivity contribution in [1.29, 1.82) is 0 Å². The third-order valence-corrected chi connectivity index (χ3v) is 5.17. The molecule has 1 saturated heterocycles. The van der Waals surface area contributed by atoms with Crippen molar-refractivity contribution in [2.45, 2.75) is 26.7 Å². The van der Waals surface area contributed by atoms with Gasteiger partial charge in [-0.1, -0.05) is 12.1 Å². The number of anilines is 1. The molecule has 2 aromatic rings. The number of carbonyl (C=O) groups excluding carboxylic acids is 2. The molecule has 0 spiro atoms. The fraction of sp³-hybridized carbons (Fsp3) is 0.391. The van der Waals surface area contributed by atoms with Gasteiger partial charge in [0.2, 0.25) is 11.8 Å². The molecule has 6 nitrogen and oxygen atoms in total. The van der Waals surface area contributed by atoms with Crippen LogP contribution in [0.15, 0.2) is 36.4 Å². The minimum atomic E-state index is -0.325. The van der Waals surface area contributed by atoms with E-state index in [1.165, 1.54) is 0 Å². The Morgan fingerprint density at radius 1 is 1.07 bits per heavy atom. The van der Waals surface area contributed by atoms with E-state index in [1.807, 2.05) is 44.2 Å². The topological polar surface area (TPSA) is 67.9 Å². The predicted molar refractivity (Wildman–Crippen MR) is 113 cm³/mol. The molecule has 2 amide bonds. The Labute approximate surface area is 171 Å². The number of methoxy groups -OCH3 is 2. The van der Waals surface area contributed by atoms with Crippen LogP contribution in [0.25, 0.3) is 0 Å². The molecule has 1 aliphatic rings. The first-order valence-corrected chi connectivity index (χ1v) is 9.78. The molecule has 0 bridgehead atoms. The highest BCUT2D eigenvalue weighted by molar-refractivity contribution is 6.00. The number of nitrogens with zero attached hydrogens (tertiary/aromatic N) is 1. The molecule has 154 valence electrons. The Morgan fingerprint density at radius 3 is 2.41 bits per heavy atom. The number of rotatable bonds is 7. The SMILES string of the molecule is COc1ccc(CCNC(=O)[C@H]2CC(=O)N(c3cc(C)cc(C)c3)C2)cc1OC. The minimum Gasteiger partial charge on any atom is -0.493 e. The van der Waals surface area contributed by atoms with Gasteiger partial charge in [-0.2, -0.15) is 0 Å². The number of nitrogens with one attached hydrogen (secondary N) is 1. The van der Waals surface area contributed by atoms with E-state index in [4.69, 9.17) is 9.47 Å². The van der Waals surface area contributed by atoms with Crippen LogP contribution in [0.1, 0.15) is 23.1 Å². The van der Waals surface area contributed by atoms with Crippen LogP contribution in [0.3, 0.4) is 0 Å². The van der Waals surface area contributed by atoms with Crippen molar-refractivity contribution in [2.75, 3.05) is 32.2 Å². The number of aryl methyl sites for hydroxylation is 2. The van der Waals surface area contributed by atoms with Gasteiger partial charge in [0.25, 0.3) is 0 Å². The fourth-order valence-electron chi connectivity index (χ4n) is 3.75. The van der Waals surface area contributed by atoms with Crippen LogP contribution in [-0.2, 0) is 16.0 Å². The smallest absolute Gasteiger partial charge is 0.227 e. The first-order chi connectivity index (χ1) is 13.9. The molecule has 0 aromatic heterocycles. The van der Waals surface area contributed by atoms with E-state index in [0.29, 0.717) is 31.0 Å². The lowest BCUT2D eigenvalue weighted by Gasteiger charge is -2.18. The number of amides is 2. The van der Waals surface area contributed by atoms with E-state index in [1.54, 1.807) is 19.1 Å². The largest absolute Gasteiger partial charge is 0.493 e.